The molecule has 0 aromatic heterocycles. The summed E-state index contributed by atoms with van der Waals surface area (Å²) in [6.07, 6.45) is 8.96. The van der Waals surface area contributed by atoms with Crippen LogP contribution in [0.25, 0.3) is 0 Å². The largest absolute Gasteiger partial charge is 0.348 e. The molecule has 0 radical (unpaired) electrons. The van der Waals surface area contributed by atoms with E-state index in [1.165, 1.54) is 24.0 Å². The molecule has 4 rings (SSSR count). The Hall–Kier alpha value is -2.37. The SMILES string of the molecule is CC(NC(=O)CN1C(=O)NC2(CCCCC2)C1=O)c1ccc2c(c1)CCCC2. The first-order chi connectivity index (χ1) is 13.5. The molecule has 3 aliphatic rings. The minimum Gasteiger partial charge on any atom is -0.348 e. The summed E-state index contributed by atoms with van der Waals surface area (Å²) in [7, 11) is 0. The number of amides is 4. The first-order valence-electron chi connectivity index (χ1n) is 10.5. The van der Waals surface area contributed by atoms with Crippen molar-refractivity contribution < 1.29 is 14.4 Å². The Morgan fingerprint density at radius 3 is 2.57 bits per heavy atom. The van der Waals surface area contributed by atoms with E-state index in [2.05, 4.69) is 28.8 Å². The number of nitrogens with zero attached hydrogens (tertiary/aromatic N) is 1. The minimum atomic E-state index is -0.778. The number of benzene rings is 1. The zero-order valence-corrected chi connectivity index (χ0v) is 16.6. The van der Waals surface area contributed by atoms with Crippen molar-refractivity contribution in [2.24, 2.45) is 0 Å². The van der Waals surface area contributed by atoms with Crippen molar-refractivity contribution in [2.45, 2.75) is 76.3 Å². The Kier molecular flexibility index (Phi) is 5.13. The summed E-state index contributed by atoms with van der Waals surface area (Å²) in [5, 5.41) is 5.80. The maximum atomic E-state index is 12.8. The minimum absolute atomic E-state index is 0.163. The van der Waals surface area contributed by atoms with Crippen LogP contribution in [0.2, 0.25) is 0 Å². The van der Waals surface area contributed by atoms with Gasteiger partial charge in [0.15, 0.2) is 0 Å². The molecule has 1 saturated carbocycles. The summed E-state index contributed by atoms with van der Waals surface area (Å²) in [4.78, 5) is 38.8. The van der Waals surface area contributed by atoms with Crippen molar-refractivity contribution >= 4 is 17.8 Å². The fraction of sp³-hybridized carbons (Fsp3) is 0.591. The summed E-state index contributed by atoms with van der Waals surface area (Å²) in [6.45, 7) is 1.72. The number of imide groups is 1. The fourth-order valence-electron chi connectivity index (χ4n) is 4.85. The van der Waals surface area contributed by atoms with Gasteiger partial charge in [-0.25, -0.2) is 4.79 Å². The molecule has 1 aromatic carbocycles. The molecule has 2 aliphatic carbocycles. The Morgan fingerprint density at radius 2 is 1.82 bits per heavy atom. The molecule has 1 heterocycles. The average Bonchev–Trinajstić information content (AvgIpc) is 2.92. The maximum absolute atomic E-state index is 12.8. The van der Waals surface area contributed by atoms with Crippen molar-refractivity contribution in [2.75, 3.05) is 6.54 Å². The second-order valence-corrected chi connectivity index (χ2v) is 8.49. The van der Waals surface area contributed by atoms with E-state index in [0.717, 1.165) is 42.6 Å². The topological polar surface area (TPSA) is 78.5 Å². The van der Waals surface area contributed by atoms with Gasteiger partial charge in [0.25, 0.3) is 5.91 Å². The third-order valence-electron chi connectivity index (χ3n) is 6.50. The normalized spacial score (nSPS) is 22.0. The van der Waals surface area contributed by atoms with E-state index in [9.17, 15) is 14.4 Å². The number of rotatable bonds is 4. The molecule has 1 unspecified atom stereocenters. The quantitative estimate of drug-likeness (QED) is 0.785. The second kappa shape index (κ2) is 7.57. The summed E-state index contributed by atoms with van der Waals surface area (Å²) in [5.74, 6) is -0.546. The summed E-state index contributed by atoms with van der Waals surface area (Å²) in [6, 6.07) is 5.81. The number of nitrogens with one attached hydrogen (secondary N) is 2. The highest BCUT2D eigenvalue weighted by Gasteiger charge is 2.51. The van der Waals surface area contributed by atoms with Gasteiger partial charge in [-0.3, -0.25) is 14.5 Å². The van der Waals surface area contributed by atoms with Gasteiger partial charge in [0.1, 0.15) is 12.1 Å². The van der Waals surface area contributed by atoms with Crippen molar-refractivity contribution in [3.05, 3.63) is 34.9 Å². The average molecular weight is 383 g/mol. The molecule has 2 N–H and O–H groups in total. The van der Waals surface area contributed by atoms with Crippen LogP contribution < -0.4 is 10.6 Å². The van der Waals surface area contributed by atoms with Gasteiger partial charge in [-0.05, 0) is 62.1 Å². The van der Waals surface area contributed by atoms with Crippen LogP contribution in [-0.4, -0.2) is 34.8 Å². The van der Waals surface area contributed by atoms with E-state index in [1.54, 1.807) is 0 Å². The Labute approximate surface area is 166 Å². The van der Waals surface area contributed by atoms with E-state index >= 15 is 0 Å². The van der Waals surface area contributed by atoms with Crippen LogP contribution in [0.3, 0.4) is 0 Å². The fourth-order valence-corrected chi connectivity index (χ4v) is 4.85. The number of urea groups is 1. The zero-order valence-electron chi connectivity index (χ0n) is 16.6. The van der Waals surface area contributed by atoms with E-state index in [4.69, 9.17) is 0 Å². The zero-order chi connectivity index (χ0) is 19.7. The van der Waals surface area contributed by atoms with Crippen LogP contribution in [0.5, 0.6) is 0 Å². The summed E-state index contributed by atoms with van der Waals surface area (Å²) in [5.41, 5.74) is 3.07. The van der Waals surface area contributed by atoms with Crippen LogP contribution in [0.15, 0.2) is 18.2 Å². The van der Waals surface area contributed by atoms with Crippen LogP contribution in [-0.2, 0) is 22.4 Å². The van der Waals surface area contributed by atoms with Gasteiger partial charge in [-0.2, -0.15) is 0 Å². The van der Waals surface area contributed by atoms with Crippen molar-refractivity contribution in [3.8, 4) is 0 Å². The van der Waals surface area contributed by atoms with Gasteiger partial charge in [0.05, 0.1) is 6.04 Å². The molecule has 6 nitrogen and oxygen atoms in total. The number of hydrogen-bond donors (Lipinski definition) is 2. The Balaban J connectivity index is 1.39. The Bertz CT molecular complexity index is 798. The second-order valence-electron chi connectivity index (χ2n) is 8.49. The van der Waals surface area contributed by atoms with Crippen molar-refractivity contribution in [3.63, 3.8) is 0 Å². The lowest BCUT2D eigenvalue weighted by molar-refractivity contribution is -0.136. The van der Waals surface area contributed by atoms with Gasteiger partial charge in [0, 0.05) is 0 Å². The number of aryl methyl sites for hydroxylation is 2. The molecule has 6 heteroatoms. The number of hydrogen-bond acceptors (Lipinski definition) is 3. The van der Waals surface area contributed by atoms with Gasteiger partial charge in [-0.1, -0.05) is 37.5 Å². The third kappa shape index (κ3) is 3.52. The Morgan fingerprint density at radius 1 is 1.11 bits per heavy atom. The van der Waals surface area contributed by atoms with E-state index < -0.39 is 11.6 Å². The lowest BCUT2D eigenvalue weighted by Gasteiger charge is -2.30. The lowest BCUT2D eigenvalue weighted by atomic mass is 9.82. The van der Waals surface area contributed by atoms with E-state index in [0.29, 0.717) is 12.8 Å². The molecule has 1 atom stereocenters. The number of carbonyl (C=O) groups excluding carboxylic acids is 3. The molecule has 4 amide bonds. The molecule has 1 aliphatic heterocycles. The van der Waals surface area contributed by atoms with E-state index in [-0.39, 0.29) is 24.4 Å². The van der Waals surface area contributed by atoms with Crippen molar-refractivity contribution in [1.29, 1.82) is 0 Å². The van der Waals surface area contributed by atoms with Crippen molar-refractivity contribution in [1.82, 2.24) is 15.5 Å². The number of fused-ring (bicyclic) bond motifs is 1. The lowest BCUT2D eigenvalue weighted by Crippen LogP contribution is -2.49. The first-order valence-corrected chi connectivity index (χ1v) is 10.5. The predicted octanol–water partition coefficient (Wildman–Crippen LogP) is 3.00. The van der Waals surface area contributed by atoms with Crippen LogP contribution in [0.1, 0.15) is 74.6 Å². The molecule has 28 heavy (non-hydrogen) atoms. The molecule has 0 bridgehead atoms. The third-order valence-corrected chi connectivity index (χ3v) is 6.50. The van der Waals surface area contributed by atoms with Gasteiger partial charge in [-0.15, -0.1) is 0 Å². The standard InChI is InChI=1S/C22H29N3O3/c1-15(17-10-9-16-7-3-4-8-18(16)13-17)23-19(26)14-25-20(27)22(24-21(25)28)11-5-2-6-12-22/h9-10,13,15H,2-8,11-12,14H2,1H3,(H,23,26)(H,24,28). The molecule has 1 aromatic rings. The molecular formula is C22H29N3O3. The van der Waals surface area contributed by atoms with Gasteiger partial charge >= 0.3 is 6.03 Å². The molecule has 1 saturated heterocycles. The summed E-state index contributed by atoms with van der Waals surface area (Å²) >= 11 is 0. The van der Waals surface area contributed by atoms with Gasteiger partial charge < -0.3 is 10.6 Å². The maximum Gasteiger partial charge on any atom is 0.325 e. The highest BCUT2D eigenvalue weighted by molar-refractivity contribution is 6.09. The smallest absolute Gasteiger partial charge is 0.325 e. The van der Waals surface area contributed by atoms with Crippen LogP contribution in [0.4, 0.5) is 4.79 Å². The first kappa shape index (κ1) is 19.0. The van der Waals surface area contributed by atoms with E-state index in [1.807, 2.05) is 6.92 Å². The highest BCUT2D eigenvalue weighted by Crippen LogP contribution is 2.33. The van der Waals surface area contributed by atoms with Crippen LogP contribution in [0, 0.1) is 0 Å². The monoisotopic (exact) mass is 383 g/mol. The predicted molar refractivity (Wildman–Crippen MR) is 106 cm³/mol. The summed E-state index contributed by atoms with van der Waals surface area (Å²) < 4.78 is 0. The molecule has 2 fully saturated rings. The van der Waals surface area contributed by atoms with Crippen LogP contribution >= 0.6 is 0 Å². The number of carbonyl (C=O) groups is 3. The molecular weight excluding hydrogens is 354 g/mol. The molecule has 150 valence electrons. The highest BCUT2D eigenvalue weighted by atomic mass is 16.2. The molecule has 1 spiro atoms. The van der Waals surface area contributed by atoms with Gasteiger partial charge in [0.2, 0.25) is 5.91 Å².